The molecule has 0 aromatic heterocycles. The molecule has 33 heavy (non-hydrogen) atoms. The molecule has 1 saturated heterocycles. The van der Waals surface area contributed by atoms with Gasteiger partial charge in [0, 0.05) is 38.9 Å². The van der Waals surface area contributed by atoms with Crippen LogP contribution in [0, 0.1) is 0 Å². The number of hydrogen-bond donors (Lipinski definition) is 0. The number of amides is 1. The number of sulfonamides is 1. The van der Waals surface area contributed by atoms with Crippen molar-refractivity contribution < 1.29 is 27.4 Å². The predicted octanol–water partition coefficient (Wildman–Crippen LogP) is 2.44. The number of carbonyl (C=O) groups is 1. The summed E-state index contributed by atoms with van der Waals surface area (Å²) in [4.78, 5) is 15.1. The maximum absolute atomic E-state index is 13.3. The van der Waals surface area contributed by atoms with E-state index in [4.69, 9.17) is 14.2 Å². The number of carbonyl (C=O) groups excluding carboxylic acids is 1. The largest absolute Gasteiger partial charge is 0.495 e. The van der Waals surface area contributed by atoms with E-state index in [0.717, 1.165) is 12.8 Å². The van der Waals surface area contributed by atoms with Gasteiger partial charge in [0.2, 0.25) is 10.0 Å². The fourth-order valence-corrected chi connectivity index (χ4v) is 5.34. The summed E-state index contributed by atoms with van der Waals surface area (Å²) in [6, 6.07) is 14.7. The summed E-state index contributed by atoms with van der Waals surface area (Å²) in [6.07, 6.45) is 1.63. The average molecular weight is 477 g/mol. The Morgan fingerprint density at radius 1 is 1.06 bits per heavy atom. The highest BCUT2D eigenvalue weighted by Gasteiger charge is 2.30. The first kappa shape index (κ1) is 25.2. The monoisotopic (exact) mass is 476 g/mol. The molecule has 0 aliphatic carbocycles. The zero-order valence-electron chi connectivity index (χ0n) is 19.2. The fraction of sp³-hybridized carbons (Fsp3) is 0.458. The van der Waals surface area contributed by atoms with Crippen LogP contribution in [-0.4, -0.2) is 83.7 Å². The van der Waals surface area contributed by atoms with Crippen LogP contribution in [0.5, 0.6) is 5.75 Å². The summed E-state index contributed by atoms with van der Waals surface area (Å²) in [5, 5.41) is 0. The second-order valence-corrected chi connectivity index (χ2v) is 9.66. The van der Waals surface area contributed by atoms with Gasteiger partial charge in [0.05, 0.1) is 26.9 Å². The van der Waals surface area contributed by atoms with Crippen molar-refractivity contribution in [3.05, 3.63) is 59.7 Å². The molecular weight excluding hydrogens is 444 g/mol. The molecule has 0 saturated carbocycles. The van der Waals surface area contributed by atoms with Crippen molar-refractivity contribution in [3.8, 4) is 5.75 Å². The van der Waals surface area contributed by atoms with E-state index < -0.39 is 10.0 Å². The predicted molar refractivity (Wildman–Crippen MR) is 125 cm³/mol. The molecule has 8 nitrogen and oxygen atoms in total. The number of ether oxygens (including phenoxy) is 3. The topological polar surface area (TPSA) is 85.4 Å². The highest BCUT2D eigenvalue weighted by molar-refractivity contribution is 7.89. The van der Waals surface area contributed by atoms with Gasteiger partial charge in [0.25, 0.3) is 5.91 Å². The molecule has 3 rings (SSSR count). The van der Waals surface area contributed by atoms with Gasteiger partial charge in [-0.1, -0.05) is 30.3 Å². The molecule has 1 aliphatic heterocycles. The van der Waals surface area contributed by atoms with Gasteiger partial charge in [-0.25, -0.2) is 8.42 Å². The first-order valence-electron chi connectivity index (χ1n) is 11.1. The SMILES string of the molecule is COCCN(CCCc1ccccc1)C(=O)c1ccc(OC)c(S(=O)(=O)N2CCOCC2)c1. The van der Waals surface area contributed by atoms with Gasteiger partial charge >= 0.3 is 0 Å². The Morgan fingerprint density at radius 2 is 1.79 bits per heavy atom. The molecule has 1 amide bonds. The maximum atomic E-state index is 13.3. The third-order valence-corrected chi connectivity index (χ3v) is 7.51. The van der Waals surface area contributed by atoms with E-state index in [-0.39, 0.29) is 29.6 Å². The van der Waals surface area contributed by atoms with E-state index >= 15 is 0 Å². The molecule has 0 radical (unpaired) electrons. The van der Waals surface area contributed by atoms with Crippen LogP contribution < -0.4 is 4.74 Å². The first-order valence-corrected chi connectivity index (χ1v) is 12.5. The molecule has 2 aromatic carbocycles. The summed E-state index contributed by atoms with van der Waals surface area (Å²) in [5.74, 6) is -0.0215. The van der Waals surface area contributed by atoms with E-state index in [1.165, 1.54) is 23.0 Å². The Bertz CT molecular complexity index is 1010. The quantitative estimate of drug-likeness (QED) is 0.495. The zero-order valence-corrected chi connectivity index (χ0v) is 20.1. The zero-order chi connectivity index (χ0) is 23.7. The lowest BCUT2D eigenvalue weighted by molar-refractivity contribution is 0.0692. The molecule has 0 spiro atoms. The Labute approximate surface area is 196 Å². The van der Waals surface area contributed by atoms with Crippen molar-refractivity contribution in [1.82, 2.24) is 9.21 Å². The molecule has 1 fully saturated rings. The van der Waals surface area contributed by atoms with Crippen LogP contribution in [0.15, 0.2) is 53.4 Å². The fourth-order valence-electron chi connectivity index (χ4n) is 3.76. The number of benzene rings is 2. The van der Waals surface area contributed by atoms with Gasteiger partial charge in [-0.3, -0.25) is 4.79 Å². The van der Waals surface area contributed by atoms with Gasteiger partial charge in [-0.05, 0) is 36.6 Å². The minimum Gasteiger partial charge on any atom is -0.495 e. The number of methoxy groups -OCH3 is 2. The minimum atomic E-state index is -3.82. The molecule has 0 N–H and O–H groups in total. The average Bonchev–Trinajstić information content (AvgIpc) is 2.86. The summed E-state index contributed by atoms with van der Waals surface area (Å²) in [5.41, 5.74) is 1.51. The van der Waals surface area contributed by atoms with Crippen LogP contribution in [0.1, 0.15) is 22.3 Å². The van der Waals surface area contributed by atoms with Gasteiger partial charge in [-0.2, -0.15) is 4.31 Å². The van der Waals surface area contributed by atoms with Crippen molar-refractivity contribution in [3.63, 3.8) is 0 Å². The molecule has 0 bridgehead atoms. The van der Waals surface area contributed by atoms with E-state index in [2.05, 4.69) is 12.1 Å². The van der Waals surface area contributed by atoms with Crippen molar-refractivity contribution in [2.75, 3.05) is 60.2 Å². The molecule has 9 heteroatoms. The smallest absolute Gasteiger partial charge is 0.253 e. The lowest BCUT2D eigenvalue weighted by atomic mass is 10.1. The summed E-state index contributed by atoms with van der Waals surface area (Å²) in [7, 11) is -0.813. The Kier molecular flexibility index (Phi) is 9.25. The van der Waals surface area contributed by atoms with Crippen LogP contribution in [0.2, 0.25) is 0 Å². The van der Waals surface area contributed by atoms with E-state index in [9.17, 15) is 13.2 Å². The van der Waals surface area contributed by atoms with Crippen LogP contribution in [0.4, 0.5) is 0 Å². The number of nitrogens with zero attached hydrogens (tertiary/aromatic N) is 2. The molecule has 2 aromatic rings. The molecule has 180 valence electrons. The lowest BCUT2D eigenvalue weighted by Crippen LogP contribution is -2.41. The van der Waals surface area contributed by atoms with Gasteiger partial charge in [-0.15, -0.1) is 0 Å². The Balaban J connectivity index is 1.80. The number of hydrogen-bond acceptors (Lipinski definition) is 6. The Hall–Kier alpha value is -2.46. The number of aryl methyl sites for hydroxylation is 1. The summed E-state index contributed by atoms with van der Waals surface area (Å²) in [6.45, 7) is 2.56. The van der Waals surface area contributed by atoms with Gasteiger partial charge in [0.15, 0.2) is 0 Å². The van der Waals surface area contributed by atoms with Crippen molar-refractivity contribution in [1.29, 1.82) is 0 Å². The van der Waals surface area contributed by atoms with Crippen molar-refractivity contribution in [2.45, 2.75) is 17.7 Å². The standard InChI is InChI=1S/C24H32N2O6S/c1-30-16-13-25(12-6-9-20-7-4-3-5-8-20)24(27)21-10-11-22(31-2)23(19-21)33(28,29)26-14-17-32-18-15-26/h3-5,7-8,10-11,19H,6,9,12-18H2,1-2H3. The number of rotatable bonds is 11. The normalized spacial score (nSPS) is 14.7. The maximum Gasteiger partial charge on any atom is 0.253 e. The third-order valence-electron chi connectivity index (χ3n) is 5.59. The second-order valence-electron chi connectivity index (χ2n) is 7.76. The number of morpholine rings is 1. The van der Waals surface area contributed by atoms with Crippen LogP contribution in [0.25, 0.3) is 0 Å². The summed E-state index contributed by atoms with van der Waals surface area (Å²) >= 11 is 0. The van der Waals surface area contributed by atoms with Gasteiger partial charge < -0.3 is 19.1 Å². The molecule has 1 heterocycles. The van der Waals surface area contributed by atoms with E-state index in [1.54, 1.807) is 24.1 Å². The van der Waals surface area contributed by atoms with E-state index in [1.807, 2.05) is 18.2 Å². The second kappa shape index (κ2) is 12.1. The van der Waals surface area contributed by atoms with Crippen LogP contribution >= 0.6 is 0 Å². The van der Waals surface area contributed by atoms with Crippen molar-refractivity contribution in [2.24, 2.45) is 0 Å². The lowest BCUT2D eigenvalue weighted by Gasteiger charge is -2.27. The van der Waals surface area contributed by atoms with Gasteiger partial charge in [0.1, 0.15) is 10.6 Å². The third kappa shape index (κ3) is 6.54. The first-order chi connectivity index (χ1) is 16.0. The highest BCUT2D eigenvalue weighted by Crippen LogP contribution is 2.29. The van der Waals surface area contributed by atoms with Crippen molar-refractivity contribution >= 4 is 15.9 Å². The molecule has 1 aliphatic rings. The molecular formula is C24H32N2O6S. The Morgan fingerprint density at radius 3 is 2.45 bits per heavy atom. The van der Waals surface area contributed by atoms with Crippen LogP contribution in [-0.2, 0) is 25.9 Å². The summed E-state index contributed by atoms with van der Waals surface area (Å²) < 4.78 is 43.7. The minimum absolute atomic E-state index is 0.00581. The molecule has 0 atom stereocenters. The molecule has 0 unspecified atom stereocenters. The highest BCUT2D eigenvalue weighted by atomic mass is 32.2. The van der Waals surface area contributed by atoms with Crippen LogP contribution in [0.3, 0.4) is 0 Å². The van der Waals surface area contributed by atoms with E-state index in [0.29, 0.717) is 38.5 Å².